The van der Waals surface area contributed by atoms with E-state index in [-0.39, 0.29) is 11.5 Å². The molecular formula is C20H32N2O2S. The Hall–Kier alpha value is -1.07. The van der Waals surface area contributed by atoms with Crippen molar-refractivity contribution in [2.45, 2.75) is 71.4 Å². The van der Waals surface area contributed by atoms with Gasteiger partial charge in [0.2, 0.25) is 0 Å². The number of hydrogen-bond acceptors (Lipinski definition) is 4. The number of hydrogen-bond donors (Lipinski definition) is 1. The van der Waals surface area contributed by atoms with Gasteiger partial charge in [0, 0.05) is 30.6 Å². The van der Waals surface area contributed by atoms with E-state index in [2.05, 4.69) is 23.7 Å². The van der Waals surface area contributed by atoms with Crippen LogP contribution in [0, 0.1) is 5.41 Å². The van der Waals surface area contributed by atoms with Gasteiger partial charge in [0.25, 0.3) is 0 Å². The highest BCUT2D eigenvalue weighted by Gasteiger charge is 2.35. The van der Waals surface area contributed by atoms with Crippen LogP contribution in [0.25, 0.3) is 0 Å². The number of nitrogens with zero attached hydrogens (tertiary/aromatic N) is 1. The fraction of sp³-hybridized carbons (Fsp3) is 0.750. The van der Waals surface area contributed by atoms with Crippen LogP contribution in [0.15, 0.2) is 11.4 Å². The van der Waals surface area contributed by atoms with Crippen molar-refractivity contribution in [1.29, 1.82) is 0 Å². The van der Waals surface area contributed by atoms with Gasteiger partial charge in [-0.15, -0.1) is 11.3 Å². The van der Waals surface area contributed by atoms with Crippen LogP contribution in [-0.2, 0) is 11.2 Å². The van der Waals surface area contributed by atoms with Crippen LogP contribution in [0.1, 0.15) is 69.9 Å². The third-order valence-corrected chi connectivity index (χ3v) is 6.26. The molecule has 0 bridgehead atoms. The maximum Gasteiger partial charge on any atom is 0.410 e. The van der Waals surface area contributed by atoms with E-state index in [0.717, 1.165) is 32.5 Å². The Morgan fingerprint density at radius 3 is 3.00 bits per heavy atom. The number of aryl methyl sites for hydroxylation is 1. The van der Waals surface area contributed by atoms with E-state index in [1.54, 1.807) is 4.88 Å². The smallest absolute Gasteiger partial charge is 0.410 e. The minimum Gasteiger partial charge on any atom is -0.444 e. The summed E-state index contributed by atoms with van der Waals surface area (Å²) in [4.78, 5) is 15.9. The molecule has 0 spiro atoms. The number of nitrogens with one attached hydrogen (secondary N) is 1. The molecule has 1 aliphatic carbocycles. The van der Waals surface area contributed by atoms with E-state index < -0.39 is 5.60 Å². The monoisotopic (exact) mass is 364 g/mol. The molecule has 140 valence electrons. The largest absolute Gasteiger partial charge is 0.444 e. The number of carbonyl (C=O) groups is 1. The van der Waals surface area contributed by atoms with E-state index >= 15 is 0 Å². The van der Waals surface area contributed by atoms with Gasteiger partial charge in [-0.05, 0) is 75.3 Å². The third-order valence-electron chi connectivity index (χ3n) is 5.26. The normalized spacial score (nSPS) is 27.0. The Morgan fingerprint density at radius 1 is 1.44 bits per heavy atom. The molecule has 1 amide bonds. The Bertz CT molecular complexity index is 607. The summed E-state index contributed by atoms with van der Waals surface area (Å²) in [5, 5.41) is 6.03. The number of fused-ring (bicyclic) bond motifs is 1. The second-order valence-electron chi connectivity index (χ2n) is 8.94. The molecule has 1 N–H and O–H groups in total. The molecular weight excluding hydrogens is 332 g/mol. The van der Waals surface area contributed by atoms with Crippen molar-refractivity contribution in [3.05, 3.63) is 21.9 Å². The molecule has 0 radical (unpaired) electrons. The van der Waals surface area contributed by atoms with Gasteiger partial charge < -0.3 is 15.0 Å². The molecule has 1 fully saturated rings. The average Bonchev–Trinajstić information content (AvgIpc) is 3.00. The van der Waals surface area contributed by atoms with Crippen molar-refractivity contribution in [2.24, 2.45) is 5.41 Å². The molecule has 0 aromatic carbocycles. The summed E-state index contributed by atoms with van der Waals surface area (Å²) in [6.07, 6.45) is 5.75. The number of rotatable bonds is 3. The van der Waals surface area contributed by atoms with E-state index in [9.17, 15) is 4.79 Å². The molecule has 1 saturated heterocycles. The second kappa shape index (κ2) is 7.28. The molecule has 2 aliphatic rings. The predicted molar refractivity (Wildman–Crippen MR) is 103 cm³/mol. The summed E-state index contributed by atoms with van der Waals surface area (Å²) in [7, 11) is 0. The molecule has 2 unspecified atom stereocenters. The minimum atomic E-state index is -0.430. The zero-order valence-electron chi connectivity index (χ0n) is 16.1. The van der Waals surface area contributed by atoms with Crippen molar-refractivity contribution in [2.75, 3.05) is 19.6 Å². The molecule has 2 heterocycles. The number of likely N-dealkylation sites (tertiary alicyclic amines) is 1. The first-order valence-corrected chi connectivity index (χ1v) is 10.4. The minimum absolute atomic E-state index is 0.114. The van der Waals surface area contributed by atoms with Crippen molar-refractivity contribution >= 4 is 17.4 Å². The van der Waals surface area contributed by atoms with E-state index in [1.165, 1.54) is 24.8 Å². The number of ether oxygens (including phenoxy) is 1. The lowest BCUT2D eigenvalue weighted by Crippen LogP contribution is -2.50. The summed E-state index contributed by atoms with van der Waals surface area (Å²) >= 11 is 1.89. The summed E-state index contributed by atoms with van der Waals surface area (Å²) in [6, 6.07) is 2.76. The number of amides is 1. The predicted octanol–water partition coefficient (Wildman–Crippen LogP) is 4.75. The van der Waals surface area contributed by atoms with Crippen LogP contribution < -0.4 is 5.32 Å². The van der Waals surface area contributed by atoms with Crippen LogP contribution in [0.2, 0.25) is 0 Å². The Labute approximate surface area is 155 Å². The third kappa shape index (κ3) is 4.76. The van der Waals surface area contributed by atoms with Gasteiger partial charge in [-0.3, -0.25) is 0 Å². The maximum absolute atomic E-state index is 12.4. The molecule has 25 heavy (non-hydrogen) atoms. The van der Waals surface area contributed by atoms with E-state index in [4.69, 9.17) is 4.74 Å². The van der Waals surface area contributed by atoms with Gasteiger partial charge in [0.15, 0.2) is 0 Å². The van der Waals surface area contributed by atoms with Crippen LogP contribution in [0.5, 0.6) is 0 Å². The SMILES string of the molecule is CC1(CNC2CCCc3sccc32)CCCN(C(=O)OC(C)(C)C)C1. The van der Waals surface area contributed by atoms with E-state index in [1.807, 2.05) is 37.0 Å². The first kappa shape index (κ1) is 18.7. The molecule has 4 nitrogen and oxygen atoms in total. The summed E-state index contributed by atoms with van der Waals surface area (Å²) in [5.74, 6) is 0. The first-order valence-electron chi connectivity index (χ1n) is 9.53. The number of thiophene rings is 1. The summed E-state index contributed by atoms with van der Waals surface area (Å²) in [5.41, 5.74) is 1.18. The second-order valence-corrected chi connectivity index (χ2v) is 9.94. The zero-order valence-corrected chi connectivity index (χ0v) is 16.9. The summed E-state index contributed by atoms with van der Waals surface area (Å²) in [6.45, 7) is 10.6. The average molecular weight is 365 g/mol. The van der Waals surface area contributed by atoms with Gasteiger partial charge in [-0.25, -0.2) is 4.79 Å². The molecule has 1 aliphatic heterocycles. The van der Waals surface area contributed by atoms with Crippen LogP contribution in [0.4, 0.5) is 4.79 Å². The lowest BCUT2D eigenvalue weighted by molar-refractivity contribution is 0.00639. The molecule has 1 aromatic rings. The van der Waals surface area contributed by atoms with Crippen LogP contribution in [0.3, 0.4) is 0 Å². The standard InChI is InChI=1S/C20H32N2O2S/c1-19(2,3)24-18(23)22-11-6-10-20(4,14-22)13-21-16-7-5-8-17-15(16)9-12-25-17/h9,12,16,21H,5-8,10-11,13-14H2,1-4H3. The number of piperidine rings is 1. The topological polar surface area (TPSA) is 41.6 Å². The highest BCUT2D eigenvalue weighted by Crippen LogP contribution is 2.35. The Balaban J connectivity index is 1.58. The zero-order chi connectivity index (χ0) is 18.1. The lowest BCUT2D eigenvalue weighted by Gasteiger charge is -2.42. The molecule has 1 aromatic heterocycles. The van der Waals surface area contributed by atoms with Gasteiger partial charge in [0.05, 0.1) is 0 Å². The van der Waals surface area contributed by atoms with Gasteiger partial charge in [-0.2, -0.15) is 0 Å². The number of carbonyl (C=O) groups excluding carboxylic acids is 1. The van der Waals surface area contributed by atoms with Crippen molar-refractivity contribution < 1.29 is 9.53 Å². The highest BCUT2D eigenvalue weighted by molar-refractivity contribution is 7.10. The summed E-state index contributed by atoms with van der Waals surface area (Å²) < 4.78 is 5.57. The fourth-order valence-electron chi connectivity index (χ4n) is 4.01. The maximum atomic E-state index is 12.4. The van der Waals surface area contributed by atoms with Crippen molar-refractivity contribution in [3.63, 3.8) is 0 Å². The fourth-order valence-corrected chi connectivity index (χ4v) is 5.00. The van der Waals surface area contributed by atoms with Gasteiger partial charge in [-0.1, -0.05) is 6.92 Å². The highest BCUT2D eigenvalue weighted by atomic mass is 32.1. The molecule has 3 rings (SSSR count). The van der Waals surface area contributed by atoms with Crippen LogP contribution >= 0.6 is 11.3 Å². The van der Waals surface area contributed by atoms with Crippen molar-refractivity contribution in [3.8, 4) is 0 Å². The first-order chi connectivity index (χ1) is 11.8. The van der Waals surface area contributed by atoms with E-state index in [0.29, 0.717) is 6.04 Å². The Kier molecular flexibility index (Phi) is 5.45. The van der Waals surface area contributed by atoms with Crippen molar-refractivity contribution in [1.82, 2.24) is 10.2 Å². The molecule has 2 atom stereocenters. The van der Waals surface area contributed by atoms with Gasteiger partial charge >= 0.3 is 6.09 Å². The lowest BCUT2D eigenvalue weighted by atomic mass is 9.81. The van der Waals surface area contributed by atoms with Crippen LogP contribution in [-0.4, -0.2) is 36.2 Å². The molecule has 0 saturated carbocycles. The Morgan fingerprint density at radius 2 is 2.24 bits per heavy atom. The molecule has 5 heteroatoms. The quantitative estimate of drug-likeness (QED) is 0.841. The van der Waals surface area contributed by atoms with Gasteiger partial charge in [0.1, 0.15) is 5.60 Å².